The molecular formula is C25H25F8N5O3S. The summed E-state index contributed by atoms with van der Waals surface area (Å²) in [5.41, 5.74) is -0.801. The number of aliphatic hydroxyl groups is 1. The Morgan fingerprint density at radius 2 is 1.74 bits per heavy atom. The summed E-state index contributed by atoms with van der Waals surface area (Å²) in [4.78, 5) is 30.5. The van der Waals surface area contributed by atoms with Crippen LogP contribution in [0.25, 0.3) is 0 Å². The molecule has 2 N–H and O–H groups in total. The Bertz CT molecular complexity index is 1400. The predicted octanol–water partition coefficient (Wildman–Crippen LogP) is 5.56. The van der Waals surface area contributed by atoms with E-state index in [1.165, 1.54) is 0 Å². The smallest absolute Gasteiger partial charge is 0.310 e. The highest BCUT2D eigenvalue weighted by Gasteiger charge is 2.65. The molecule has 1 saturated carbocycles. The zero-order chi connectivity index (χ0) is 31.2. The maximum atomic E-state index is 14.3. The first-order chi connectivity index (χ1) is 19.3. The van der Waals surface area contributed by atoms with Crippen LogP contribution in [0.5, 0.6) is 0 Å². The highest BCUT2D eigenvalue weighted by atomic mass is 32.5. The average Bonchev–Trinajstić information content (AvgIpc) is 3.27. The molecule has 0 bridgehead atoms. The monoisotopic (exact) mass is 627 g/mol. The lowest BCUT2D eigenvalue weighted by atomic mass is 9.91. The summed E-state index contributed by atoms with van der Waals surface area (Å²) >= 11 is 0. The molecule has 2 heterocycles. The fourth-order valence-corrected chi connectivity index (χ4v) is 5.70. The first kappa shape index (κ1) is 31.3. The first-order valence-electron chi connectivity index (χ1n) is 12.6. The van der Waals surface area contributed by atoms with Gasteiger partial charge in [0.1, 0.15) is 22.8 Å². The summed E-state index contributed by atoms with van der Waals surface area (Å²) in [7, 11) is -10.1. The van der Waals surface area contributed by atoms with Crippen LogP contribution in [0.15, 0.2) is 47.6 Å². The van der Waals surface area contributed by atoms with Crippen molar-refractivity contribution in [1.82, 2.24) is 15.2 Å². The molecule has 2 aliphatic rings. The molecule has 1 aromatic carbocycles. The lowest BCUT2D eigenvalue weighted by Gasteiger charge is -2.41. The normalized spacial score (nSPS) is 23.3. The maximum Gasteiger partial charge on any atom is 0.310 e. The SMILES string of the molecule is N#CN1C[C@H](O)C[C@@H]1C(=O)N(c1ccc(S(F)(F)(F)(F)F)cc1)C(C(=O)NC1CCC(F)(F)CC1)c1cncc(F)c1. The Morgan fingerprint density at radius 3 is 2.29 bits per heavy atom. The van der Waals surface area contributed by atoms with Crippen molar-refractivity contribution >= 4 is 27.7 Å². The fraction of sp³-hybridized carbons (Fsp3) is 0.440. The van der Waals surface area contributed by atoms with E-state index in [0.717, 1.165) is 23.4 Å². The number of benzene rings is 1. The molecule has 4 rings (SSSR count). The Labute approximate surface area is 234 Å². The van der Waals surface area contributed by atoms with E-state index in [-0.39, 0.29) is 43.5 Å². The van der Waals surface area contributed by atoms with Crippen LogP contribution in [0.2, 0.25) is 0 Å². The second-order valence-electron chi connectivity index (χ2n) is 10.3. The van der Waals surface area contributed by atoms with E-state index in [9.17, 15) is 52.6 Å². The maximum absolute atomic E-state index is 14.3. The summed E-state index contributed by atoms with van der Waals surface area (Å²) in [6.07, 6.45) is 0.513. The van der Waals surface area contributed by atoms with Crippen LogP contribution in [0.1, 0.15) is 43.7 Å². The summed E-state index contributed by atoms with van der Waals surface area (Å²) < 4.78 is 109. The van der Waals surface area contributed by atoms with Gasteiger partial charge in [-0.25, -0.2) is 13.2 Å². The highest BCUT2D eigenvalue weighted by Crippen LogP contribution is 3.02. The first-order valence-corrected chi connectivity index (χ1v) is 14.5. The summed E-state index contributed by atoms with van der Waals surface area (Å²) in [6, 6.07) is -2.27. The van der Waals surface area contributed by atoms with Crippen LogP contribution in [0.3, 0.4) is 0 Å². The quantitative estimate of drug-likeness (QED) is 0.307. The molecule has 1 aliphatic carbocycles. The standard InChI is InChI=1S/C25H25F8N5O3S/c26-16-9-15(11-35-12-16)22(23(40)36-17-5-7-25(27,28)8-6-17)38(24(41)21-10-19(39)13-37(21)14-34)18-1-3-20(4-2-18)42(29,30,31,32)33/h1-4,9,11-12,17,19,21-22,39H,5-8,10,13H2,(H,36,40)/t19-,21-,22?/m1/s1. The number of alkyl halides is 2. The third-order valence-corrected chi connectivity index (χ3v) is 8.27. The van der Waals surface area contributed by atoms with Gasteiger partial charge < -0.3 is 10.4 Å². The number of carbonyl (C=O) groups excluding carboxylic acids is 2. The van der Waals surface area contributed by atoms with Crippen LogP contribution in [0.4, 0.5) is 38.3 Å². The number of hydrogen-bond donors (Lipinski definition) is 2. The number of nitriles is 1. The molecular weight excluding hydrogens is 602 g/mol. The molecule has 42 heavy (non-hydrogen) atoms. The van der Waals surface area contributed by atoms with E-state index >= 15 is 0 Å². The highest BCUT2D eigenvalue weighted by molar-refractivity contribution is 8.45. The summed E-state index contributed by atoms with van der Waals surface area (Å²) in [6.45, 7) is -0.293. The lowest BCUT2D eigenvalue weighted by molar-refractivity contribution is -0.129. The summed E-state index contributed by atoms with van der Waals surface area (Å²) in [5.74, 6) is -6.08. The van der Waals surface area contributed by atoms with Gasteiger partial charge in [-0.15, -0.1) is 0 Å². The number of pyridine rings is 1. The number of nitrogens with one attached hydrogen (secondary N) is 1. The van der Waals surface area contributed by atoms with Gasteiger partial charge in [0.15, 0.2) is 6.19 Å². The van der Waals surface area contributed by atoms with Gasteiger partial charge in [-0.3, -0.25) is 24.4 Å². The second kappa shape index (κ2) is 10.3. The van der Waals surface area contributed by atoms with Gasteiger partial charge in [-0.05, 0) is 43.2 Å². The van der Waals surface area contributed by atoms with Crippen molar-refractivity contribution in [3.8, 4) is 6.19 Å². The van der Waals surface area contributed by atoms with Crippen molar-refractivity contribution in [3.05, 3.63) is 54.1 Å². The molecule has 2 aromatic rings. The van der Waals surface area contributed by atoms with Crippen LogP contribution in [-0.4, -0.2) is 57.5 Å². The van der Waals surface area contributed by atoms with Crippen molar-refractivity contribution < 1.29 is 47.3 Å². The van der Waals surface area contributed by atoms with E-state index < -0.39 is 81.4 Å². The number of aromatic nitrogens is 1. The fourth-order valence-electron chi connectivity index (χ4n) is 5.05. The van der Waals surface area contributed by atoms with Gasteiger partial charge in [0, 0.05) is 42.8 Å². The van der Waals surface area contributed by atoms with Crippen LogP contribution in [0, 0.1) is 17.3 Å². The van der Waals surface area contributed by atoms with Gasteiger partial charge in [0.05, 0.1) is 18.8 Å². The van der Waals surface area contributed by atoms with E-state index in [1.807, 2.05) is 0 Å². The molecule has 8 nitrogen and oxygen atoms in total. The van der Waals surface area contributed by atoms with Crippen molar-refractivity contribution in [2.24, 2.45) is 0 Å². The number of hydrogen-bond acceptors (Lipinski definition) is 6. The number of halogens is 8. The van der Waals surface area contributed by atoms with Crippen molar-refractivity contribution in [2.75, 3.05) is 11.4 Å². The molecule has 1 unspecified atom stereocenters. The molecule has 2 amide bonds. The number of aliphatic hydroxyl groups excluding tert-OH is 1. The minimum Gasteiger partial charge on any atom is -0.391 e. The number of nitrogens with zero attached hydrogens (tertiary/aromatic N) is 4. The molecule has 17 heteroatoms. The Balaban J connectivity index is 1.82. The predicted molar refractivity (Wildman–Crippen MR) is 134 cm³/mol. The molecule has 2 fully saturated rings. The second-order valence-corrected chi connectivity index (χ2v) is 12.7. The average molecular weight is 628 g/mol. The number of β-amino-alcohol motifs (C(OH)–C–C–N with tert-alkyl or cyclic N) is 1. The van der Waals surface area contributed by atoms with E-state index in [2.05, 4.69) is 10.3 Å². The molecule has 230 valence electrons. The Hall–Kier alpha value is -3.65. The topological polar surface area (TPSA) is 110 Å². The van der Waals surface area contributed by atoms with Crippen LogP contribution < -0.4 is 10.2 Å². The third-order valence-electron chi connectivity index (χ3n) is 7.10. The molecule has 3 atom stereocenters. The molecule has 1 aromatic heterocycles. The number of rotatable bonds is 7. The van der Waals surface area contributed by atoms with Gasteiger partial charge >= 0.3 is 10.2 Å². The zero-order valence-electron chi connectivity index (χ0n) is 21.6. The Morgan fingerprint density at radius 1 is 1.12 bits per heavy atom. The molecule has 0 spiro atoms. The minimum absolute atomic E-state index is 0.0186. The van der Waals surface area contributed by atoms with Crippen molar-refractivity contribution in [1.29, 1.82) is 5.26 Å². The number of likely N-dealkylation sites (tertiary alicyclic amines) is 1. The van der Waals surface area contributed by atoms with Crippen molar-refractivity contribution in [2.45, 2.75) is 67.2 Å². The van der Waals surface area contributed by atoms with E-state index in [0.29, 0.717) is 17.0 Å². The molecule has 1 saturated heterocycles. The number of carbonyl (C=O) groups is 2. The lowest BCUT2D eigenvalue weighted by Crippen LogP contribution is -2.52. The number of amides is 2. The van der Waals surface area contributed by atoms with E-state index in [1.54, 1.807) is 6.19 Å². The third kappa shape index (κ3) is 7.04. The van der Waals surface area contributed by atoms with Crippen molar-refractivity contribution in [3.63, 3.8) is 0 Å². The molecule has 1 aliphatic heterocycles. The van der Waals surface area contributed by atoms with Gasteiger partial charge in [0.25, 0.3) is 5.91 Å². The van der Waals surface area contributed by atoms with Gasteiger partial charge in [-0.1, -0.05) is 19.4 Å². The largest absolute Gasteiger partial charge is 0.391 e. The minimum atomic E-state index is -10.1. The van der Waals surface area contributed by atoms with Gasteiger partial charge in [0.2, 0.25) is 11.8 Å². The Kier molecular flexibility index (Phi) is 7.64. The zero-order valence-corrected chi connectivity index (χ0v) is 22.4. The van der Waals surface area contributed by atoms with E-state index in [4.69, 9.17) is 0 Å². The van der Waals surface area contributed by atoms with Gasteiger partial charge in [-0.2, -0.15) is 5.26 Å². The summed E-state index contributed by atoms with van der Waals surface area (Å²) in [5, 5.41) is 22.1. The van der Waals surface area contributed by atoms with Crippen LogP contribution in [-0.2, 0) is 9.59 Å². The number of anilines is 1. The van der Waals surface area contributed by atoms with Crippen LogP contribution >= 0.6 is 10.2 Å². The molecule has 0 radical (unpaired) electrons.